The molecule has 0 saturated heterocycles. The summed E-state index contributed by atoms with van der Waals surface area (Å²) < 4.78 is 10.2. The predicted octanol–water partition coefficient (Wildman–Crippen LogP) is 2.47. The predicted molar refractivity (Wildman–Crippen MR) is 89.2 cm³/mol. The van der Waals surface area contributed by atoms with Crippen LogP contribution in [0.3, 0.4) is 0 Å². The molecule has 3 N–H and O–H groups in total. The van der Waals surface area contributed by atoms with Gasteiger partial charge in [-0.05, 0) is 31.0 Å². The average Bonchev–Trinajstić information content (AvgIpc) is 3.04. The van der Waals surface area contributed by atoms with Crippen LogP contribution in [-0.2, 0) is 16.1 Å². The van der Waals surface area contributed by atoms with Gasteiger partial charge < -0.3 is 20.2 Å². The number of furan rings is 1. The second-order valence-electron chi connectivity index (χ2n) is 5.40. The van der Waals surface area contributed by atoms with Crippen molar-refractivity contribution in [2.75, 3.05) is 6.61 Å². The number of carbonyl (C=O) groups excluding carboxylic acids is 2. The van der Waals surface area contributed by atoms with Crippen molar-refractivity contribution in [1.29, 1.82) is 0 Å². The number of rotatable bonds is 7. The van der Waals surface area contributed by atoms with Crippen LogP contribution in [-0.4, -0.2) is 18.5 Å². The highest BCUT2D eigenvalue weighted by atomic mass is 16.5. The molecule has 6 heteroatoms. The van der Waals surface area contributed by atoms with Gasteiger partial charge in [0.15, 0.2) is 0 Å². The Morgan fingerprint density at radius 2 is 2.08 bits per heavy atom. The van der Waals surface area contributed by atoms with E-state index in [0.29, 0.717) is 17.9 Å². The Hall–Kier alpha value is -2.60. The molecule has 0 fully saturated rings. The van der Waals surface area contributed by atoms with Crippen LogP contribution in [0.15, 0.2) is 41.0 Å². The van der Waals surface area contributed by atoms with Crippen molar-refractivity contribution in [3.63, 3.8) is 0 Å². The molecule has 1 heterocycles. The topological polar surface area (TPSA) is 94.6 Å². The lowest BCUT2D eigenvalue weighted by Crippen LogP contribution is -2.31. The molecule has 6 nitrogen and oxygen atoms in total. The highest BCUT2D eigenvalue weighted by molar-refractivity contribution is 5.94. The normalized spacial score (nSPS) is 11.8. The summed E-state index contributed by atoms with van der Waals surface area (Å²) in [6.45, 7) is 4.20. The lowest BCUT2D eigenvalue weighted by Gasteiger charge is -2.20. The number of benzene rings is 1. The van der Waals surface area contributed by atoms with Crippen LogP contribution in [0.5, 0.6) is 0 Å². The molecule has 1 amide bonds. The Morgan fingerprint density at radius 3 is 2.71 bits per heavy atom. The third kappa shape index (κ3) is 4.45. The molecule has 0 saturated carbocycles. The van der Waals surface area contributed by atoms with Gasteiger partial charge in [-0.2, -0.15) is 0 Å². The fourth-order valence-corrected chi connectivity index (χ4v) is 2.45. The van der Waals surface area contributed by atoms with E-state index < -0.39 is 6.04 Å². The van der Waals surface area contributed by atoms with E-state index in [9.17, 15) is 9.59 Å². The summed E-state index contributed by atoms with van der Waals surface area (Å²) in [7, 11) is 0. The minimum atomic E-state index is -0.478. The van der Waals surface area contributed by atoms with E-state index in [1.54, 1.807) is 13.0 Å². The molecule has 24 heavy (non-hydrogen) atoms. The zero-order chi connectivity index (χ0) is 17.5. The molecule has 0 bridgehead atoms. The molecule has 128 valence electrons. The molecule has 1 unspecified atom stereocenters. The molecule has 2 rings (SSSR count). The number of hydrogen-bond donors (Lipinski definition) is 2. The van der Waals surface area contributed by atoms with Gasteiger partial charge in [-0.25, -0.2) is 0 Å². The molecule has 1 atom stereocenters. The first-order valence-electron chi connectivity index (χ1n) is 7.84. The summed E-state index contributed by atoms with van der Waals surface area (Å²) in [4.78, 5) is 24.3. The SMILES string of the molecule is CCOC(=O)CC(NC(=O)c1coc(CN)c1)c1ccccc1C. The Kier molecular flexibility index (Phi) is 6.14. The zero-order valence-corrected chi connectivity index (χ0v) is 13.9. The quantitative estimate of drug-likeness (QED) is 0.761. The second-order valence-corrected chi connectivity index (χ2v) is 5.40. The number of esters is 1. The van der Waals surface area contributed by atoms with Gasteiger partial charge in [0, 0.05) is 0 Å². The van der Waals surface area contributed by atoms with Gasteiger partial charge in [-0.3, -0.25) is 9.59 Å². The van der Waals surface area contributed by atoms with Crippen LogP contribution in [0.25, 0.3) is 0 Å². The van der Waals surface area contributed by atoms with Crippen molar-refractivity contribution in [2.24, 2.45) is 5.73 Å². The lowest BCUT2D eigenvalue weighted by atomic mass is 9.98. The van der Waals surface area contributed by atoms with E-state index in [4.69, 9.17) is 14.9 Å². The monoisotopic (exact) mass is 330 g/mol. The fourth-order valence-electron chi connectivity index (χ4n) is 2.45. The smallest absolute Gasteiger partial charge is 0.308 e. The van der Waals surface area contributed by atoms with Crippen LogP contribution in [0.1, 0.15) is 46.6 Å². The molecule has 1 aromatic heterocycles. The fraction of sp³-hybridized carbons (Fsp3) is 0.333. The third-order valence-corrected chi connectivity index (χ3v) is 3.66. The maximum atomic E-state index is 12.4. The van der Waals surface area contributed by atoms with Gasteiger partial charge in [-0.15, -0.1) is 0 Å². The van der Waals surface area contributed by atoms with Crippen molar-refractivity contribution in [2.45, 2.75) is 32.9 Å². The standard InChI is InChI=1S/C18H22N2O4/c1-3-23-17(21)9-16(15-7-5-4-6-12(15)2)20-18(22)13-8-14(10-19)24-11-13/h4-8,11,16H,3,9-10,19H2,1-2H3,(H,20,22). The first-order chi connectivity index (χ1) is 11.5. The van der Waals surface area contributed by atoms with Crippen molar-refractivity contribution in [3.8, 4) is 0 Å². The maximum absolute atomic E-state index is 12.4. The second kappa shape index (κ2) is 8.31. The number of ether oxygens (including phenoxy) is 1. The molecule has 0 radical (unpaired) electrons. The molecular weight excluding hydrogens is 308 g/mol. The molecule has 0 aliphatic carbocycles. The van der Waals surface area contributed by atoms with Crippen molar-refractivity contribution in [1.82, 2.24) is 5.32 Å². The Labute approximate surface area is 141 Å². The molecule has 0 spiro atoms. The maximum Gasteiger partial charge on any atom is 0.308 e. The van der Waals surface area contributed by atoms with E-state index in [1.165, 1.54) is 6.26 Å². The van der Waals surface area contributed by atoms with Crippen molar-refractivity contribution >= 4 is 11.9 Å². The highest BCUT2D eigenvalue weighted by Gasteiger charge is 2.22. The lowest BCUT2D eigenvalue weighted by molar-refractivity contribution is -0.143. The number of amides is 1. The summed E-state index contributed by atoms with van der Waals surface area (Å²) in [6, 6.07) is 8.72. The first kappa shape index (κ1) is 17.7. The largest absolute Gasteiger partial charge is 0.467 e. The van der Waals surface area contributed by atoms with E-state index in [0.717, 1.165) is 11.1 Å². The van der Waals surface area contributed by atoms with E-state index in [1.807, 2.05) is 31.2 Å². The number of hydrogen-bond acceptors (Lipinski definition) is 5. The van der Waals surface area contributed by atoms with Gasteiger partial charge in [0.2, 0.25) is 0 Å². The minimum absolute atomic E-state index is 0.0615. The third-order valence-electron chi connectivity index (χ3n) is 3.66. The zero-order valence-electron chi connectivity index (χ0n) is 13.9. The number of aryl methyl sites for hydroxylation is 1. The summed E-state index contributed by atoms with van der Waals surface area (Å²) in [5.41, 5.74) is 7.73. The van der Waals surface area contributed by atoms with Crippen molar-refractivity contribution < 1.29 is 18.7 Å². The van der Waals surface area contributed by atoms with Crippen LogP contribution < -0.4 is 11.1 Å². The summed E-state index contributed by atoms with van der Waals surface area (Å²) in [5.74, 6) is -0.158. The molecular formula is C18H22N2O4. The van der Waals surface area contributed by atoms with Gasteiger partial charge in [0.05, 0.1) is 31.2 Å². The Bertz CT molecular complexity index is 709. The van der Waals surface area contributed by atoms with Crippen LogP contribution in [0.2, 0.25) is 0 Å². The minimum Gasteiger partial charge on any atom is -0.467 e. The molecule has 1 aromatic carbocycles. The Balaban J connectivity index is 2.20. The molecule has 0 aliphatic rings. The first-order valence-corrected chi connectivity index (χ1v) is 7.84. The molecule has 2 aromatic rings. The molecule has 0 aliphatic heterocycles. The number of carbonyl (C=O) groups is 2. The van der Waals surface area contributed by atoms with Crippen LogP contribution >= 0.6 is 0 Å². The van der Waals surface area contributed by atoms with E-state index in [2.05, 4.69) is 5.32 Å². The average molecular weight is 330 g/mol. The van der Waals surface area contributed by atoms with Crippen LogP contribution in [0, 0.1) is 6.92 Å². The van der Waals surface area contributed by atoms with Crippen LogP contribution in [0.4, 0.5) is 0 Å². The van der Waals surface area contributed by atoms with Gasteiger partial charge >= 0.3 is 5.97 Å². The Morgan fingerprint density at radius 1 is 1.33 bits per heavy atom. The van der Waals surface area contributed by atoms with Gasteiger partial charge in [0.1, 0.15) is 12.0 Å². The summed E-state index contributed by atoms with van der Waals surface area (Å²) in [6.07, 6.45) is 1.42. The number of nitrogens with two attached hydrogens (primary N) is 1. The summed E-state index contributed by atoms with van der Waals surface area (Å²) >= 11 is 0. The summed E-state index contributed by atoms with van der Waals surface area (Å²) in [5, 5.41) is 2.88. The van der Waals surface area contributed by atoms with Gasteiger partial charge in [-0.1, -0.05) is 24.3 Å². The van der Waals surface area contributed by atoms with E-state index in [-0.39, 0.29) is 24.8 Å². The van der Waals surface area contributed by atoms with Gasteiger partial charge in [0.25, 0.3) is 5.91 Å². The number of nitrogens with one attached hydrogen (secondary N) is 1. The highest BCUT2D eigenvalue weighted by Crippen LogP contribution is 2.22. The van der Waals surface area contributed by atoms with Crippen molar-refractivity contribution in [3.05, 3.63) is 59.0 Å². The van der Waals surface area contributed by atoms with E-state index >= 15 is 0 Å².